The van der Waals surface area contributed by atoms with Crippen LogP contribution >= 0.6 is 0 Å². The first kappa shape index (κ1) is 11.1. The van der Waals surface area contributed by atoms with Crippen molar-refractivity contribution in [2.24, 2.45) is 11.8 Å². The molecule has 3 N–H and O–H groups in total. The van der Waals surface area contributed by atoms with Gasteiger partial charge >= 0.3 is 0 Å². The van der Waals surface area contributed by atoms with Crippen molar-refractivity contribution in [1.82, 2.24) is 4.98 Å². The maximum Gasteiger partial charge on any atom is 0.0724 e. The van der Waals surface area contributed by atoms with Gasteiger partial charge in [0.15, 0.2) is 0 Å². The van der Waals surface area contributed by atoms with E-state index in [-0.39, 0.29) is 0 Å². The zero-order valence-corrected chi connectivity index (χ0v) is 11.0. The molecule has 1 aromatic heterocycles. The molecule has 0 unspecified atom stereocenters. The van der Waals surface area contributed by atoms with E-state index < -0.39 is 0 Å². The van der Waals surface area contributed by atoms with E-state index in [4.69, 9.17) is 5.73 Å². The number of hydrogen-bond donors (Lipinski definition) is 2. The lowest BCUT2D eigenvalue weighted by Gasteiger charge is -2.21. The van der Waals surface area contributed by atoms with Crippen molar-refractivity contribution in [2.45, 2.75) is 31.7 Å². The Hall–Kier alpha value is -1.77. The number of rotatable bonds is 4. The predicted octanol–water partition coefficient (Wildman–Crippen LogP) is 3.42. The van der Waals surface area contributed by atoms with Crippen LogP contribution in [0.3, 0.4) is 0 Å². The largest absolute Gasteiger partial charge is 0.397 e. The van der Waals surface area contributed by atoms with E-state index in [1.165, 1.54) is 25.7 Å². The van der Waals surface area contributed by atoms with Gasteiger partial charge in [0.1, 0.15) is 0 Å². The van der Waals surface area contributed by atoms with E-state index in [0.717, 1.165) is 34.1 Å². The first-order valence-corrected chi connectivity index (χ1v) is 7.22. The molecule has 2 aliphatic carbocycles. The smallest absolute Gasteiger partial charge is 0.0724 e. The quantitative estimate of drug-likeness (QED) is 0.821. The van der Waals surface area contributed by atoms with Crippen LogP contribution in [0.15, 0.2) is 30.5 Å². The standard InChI is InChI=1S/C16H19N3/c17-15-12-2-1-9-18-13(12)7-8-14(15)19-16(10-3-4-10)11-5-6-11/h1-2,7-11,16,19H,3-6,17H2. The second kappa shape index (κ2) is 4.12. The number of nitrogens with zero attached hydrogens (tertiary/aromatic N) is 1. The van der Waals surface area contributed by atoms with Gasteiger partial charge in [-0.25, -0.2) is 0 Å². The number of nitrogens with two attached hydrogens (primary N) is 1. The van der Waals surface area contributed by atoms with E-state index in [9.17, 15) is 0 Å². The average molecular weight is 253 g/mol. The van der Waals surface area contributed by atoms with Crippen LogP contribution in [-0.4, -0.2) is 11.0 Å². The van der Waals surface area contributed by atoms with Gasteiger partial charge in [-0.3, -0.25) is 4.98 Å². The fraction of sp³-hybridized carbons (Fsp3) is 0.438. The highest BCUT2D eigenvalue weighted by Crippen LogP contribution is 2.46. The molecule has 1 aromatic carbocycles. The fourth-order valence-corrected chi connectivity index (χ4v) is 3.01. The summed E-state index contributed by atoms with van der Waals surface area (Å²) in [5.41, 5.74) is 9.21. The zero-order chi connectivity index (χ0) is 12.8. The summed E-state index contributed by atoms with van der Waals surface area (Å²) in [6.45, 7) is 0. The van der Waals surface area contributed by atoms with Gasteiger partial charge in [0, 0.05) is 17.6 Å². The highest BCUT2D eigenvalue weighted by atomic mass is 15.0. The number of hydrogen-bond acceptors (Lipinski definition) is 3. The summed E-state index contributed by atoms with van der Waals surface area (Å²) in [4.78, 5) is 4.35. The minimum atomic E-state index is 0.636. The molecule has 19 heavy (non-hydrogen) atoms. The molecule has 0 amide bonds. The van der Waals surface area contributed by atoms with Gasteiger partial charge in [-0.15, -0.1) is 0 Å². The second-order valence-electron chi connectivity index (χ2n) is 5.94. The maximum atomic E-state index is 6.31. The summed E-state index contributed by atoms with van der Waals surface area (Å²) in [6.07, 6.45) is 7.32. The molecule has 2 saturated carbocycles. The van der Waals surface area contributed by atoms with E-state index in [1.807, 2.05) is 18.3 Å². The molecule has 0 aliphatic heterocycles. The van der Waals surface area contributed by atoms with Crippen molar-refractivity contribution in [3.8, 4) is 0 Å². The lowest BCUT2D eigenvalue weighted by molar-refractivity contribution is 0.568. The van der Waals surface area contributed by atoms with Crippen LogP contribution in [0, 0.1) is 11.8 Å². The molecule has 2 fully saturated rings. The summed E-state index contributed by atoms with van der Waals surface area (Å²) in [5, 5.41) is 4.76. The highest BCUT2D eigenvalue weighted by Gasteiger charge is 2.41. The van der Waals surface area contributed by atoms with E-state index in [0.29, 0.717) is 6.04 Å². The molecule has 98 valence electrons. The molecule has 2 aliphatic rings. The van der Waals surface area contributed by atoms with Gasteiger partial charge in [-0.05, 0) is 61.8 Å². The van der Waals surface area contributed by atoms with Crippen molar-refractivity contribution in [3.63, 3.8) is 0 Å². The van der Waals surface area contributed by atoms with Crippen LogP contribution < -0.4 is 11.1 Å². The second-order valence-corrected chi connectivity index (χ2v) is 5.94. The van der Waals surface area contributed by atoms with Crippen LogP contribution in [0.4, 0.5) is 11.4 Å². The van der Waals surface area contributed by atoms with Crippen LogP contribution in [0.1, 0.15) is 25.7 Å². The van der Waals surface area contributed by atoms with Gasteiger partial charge in [-0.2, -0.15) is 0 Å². The van der Waals surface area contributed by atoms with E-state index in [1.54, 1.807) is 0 Å². The molecule has 3 nitrogen and oxygen atoms in total. The monoisotopic (exact) mass is 253 g/mol. The predicted molar refractivity (Wildman–Crippen MR) is 79.0 cm³/mol. The molecule has 0 saturated heterocycles. The first-order chi connectivity index (χ1) is 9.33. The SMILES string of the molecule is Nc1c(NC(C2CC2)C2CC2)ccc2ncccc12. The lowest BCUT2D eigenvalue weighted by atomic mass is 10.1. The summed E-state index contributed by atoms with van der Waals surface area (Å²) < 4.78 is 0. The first-order valence-electron chi connectivity index (χ1n) is 7.22. The Labute approximate surface area is 113 Å². The molecule has 1 heterocycles. The Balaban J connectivity index is 1.68. The third kappa shape index (κ3) is 2.03. The van der Waals surface area contributed by atoms with E-state index >= 15 is 0 Å². The summed E-state index contributed by atoms with van der Waals surface area (Å²) in [7, 11) is 0. The fourth-order valence-electron chi connectivity index (χ4n) is 3.01. The molecular formula is C16H19N3. The minimum absolute atomic E-state index is 0.636. The topological polar surface area (TPSA) is 50.9 Å². The summed E-state index contributed by atoms with van der Waals surface area (Å²) in [5.74, 6) is 1.74. The van der Waals surface area contributed by atoms with Gasteiger partial charge < -0.3 is 11.1 Å². The van der Waals surface area contributed by atoms with Crippen molar-refractivity contribution in [2.75, 3.05) is 11.1 Å². The third-order valence-corrected chi connectivity index (χ3v) is 4.41. The molecule has 0 spiro atoms. The summed E-state index contributed by atoms with van der Waals surface area (Å²) >= 11 is 0. The number of aromatic nitrogens is 1. The number of anilines is 2. The Morgan fingerprint density at radius 2 is 1.84 bits per heavy atom. The minimum Gasteiger partial charge on any atom is -0.397 e. The number of pyridine rings is 1. The Morgan fingerprint density at radius 3 is 2.53 bits per heavy atom. The Kier molecular flexibility index (Phi) is 2.40. The summed E-state index contributed by atoms with van der Waals surface area (Å²) in [6, 6.07) is 8.78. The van der Waals surface area contributed by atoms with Crippen molar-refractivity contribution >= 4 is 22.3 Å². The maximum absolute atomic E-state index is 6.31. The number of nitrogen functional groups attached to an aromatic ring is 1. The van der Waals surface area contributed by atoms with Gasteiger partial charge in [0.05, 0.1) is 16.9 Å². The van der Waals surface area contributed by atoms with Gasteiger partial charge in [0.2, 0.25) is 0 Å². The van der Waals surface area contributed by atoms with Crippen LogP contribution in [-0.2, 0) is 0 Å². The van der Waals surface area contributed by atoms with Gasteiger partial charge in [-0.1, -0.05) is 0 Å². The molecule has 4 rings (SSSR count). The molecule has 0 radical (unpaired) electrons. The Morgan fingerprint density at radius 1 is 1.11 bits per heavy atom. The van der Waals surface area contributed by atoms with Crippen LogP contribution in [0.25, 0.3) is 10.9 Å². The normalized spacial score (nSPS) is 19.0. The molecule has 3 heteroatoms. The average Bonchev–Trinajstić information content (AvgIpc) is 3.30. The van der Waals surface area contributed by atoms with Crippen LogP contribution in [0.2, 0.25) is 0 Å². The number of benzene rings is 1. The van der Waals surface area contributed by atoms with Crippen molar-refractivity contribution in [3.05, 3.63) is 30.5 Å². The molecule has 0 atom stereocenters. The van der Waals surface area contributed by atoms with E-state index in [2.05, 4.69) is 22.4 Å². The zero-order valence-electron chi connectivity index (χ0n) is 11.0. The van der Waals surface area contributed by atoms with Crippen molar-refractivity contribution < 1.29 is 0 Å². The molecule has 2 aromatic rings. The van der Waals surface area contributed by atoms with Gasteiger partial charge in [0.25, 0.3) is 0 Å². The third-order valence-electron chi connectivity index (χ3n) is 4.41. The van der Waals surface area contributed by atoms with Crippen LogP contribution in [0.5, 0.6) is 0 Å². The molecule has 0 bridgehead atoms. The molecular weight excluding hydrogens is 234 g/mol. The number of nitrogens with one attached hydrogen (secondary N) is 1. The number of fused-ring (bicyclic) bond motifs is 1. The highest BCUT2D eigenvalue weighted by molar-refractivity contribution is 5.96. The Bertz CT molecular complexity index is 602. The van der Waals surface area contributed by atoms with Crippen molar-refractivity contribution in [1.29, 1.82) is 0 Å². The lowest BCUT2D eigenvalue weighted by Crippen LogP contribution is -2.24.